The predicted molar refractivity (Wildman–Crippen MR) is 59.2 cm³/mol. The van der Waals surface area contributed by atoms with E-state index in [1.54, 1.807) is 24.3 Å². The molecule has 0 saturated carbocycles. The summed E-state index contributed by atoms with van der Waals surface area (Å²) in [5.74, 6) is 0.390. The number of nitrogens with zero attached hydrogens (tertiary/aromatic N) is 1. The van der Waals surface area contributed by atoms with Crippen LogP contribution in [0.15, 0.2) is 33.3 Å². The first-order valence-electron chi connectivity index (χ1n) is 4.18. The van der Waals surface area contributed by atoms with Crippen LogP contribution >= 0.6 is 27.5 Å². The van der Waals surface area contributed by atoms with E-state index in [0.717, 1.165) is 0 Å². The molecule has 0 unspecified atom stereocenters. The van der Waals surface area contributed by atoms with Crippen molar-refractivity contribution in [3.05, 3.63) is 40.3 Å². The van der Waals surface area contributed by atoms with Crippen molar-refractivity contribution in [2.24, 2.45) is 0 Å². The maximum atomic E-state index is 13.6. The molecule has 78 valence electrons. The molecule has 0 spiro atoms. The van der Waals surface area contributed by atoms with Crippen LogP contribution in [0.3, 0.4) is 0 Å². The maximum absolute atomic E-state index is 13.6. The molecule has 2 nitrogen and oxygen atoms in total. The minimum absolute atomic E-state index is 0.225. The lowest BCUT2D eigenvalue weighted by Gasteiger charge is -1.99. The second-order valence-corrected chi connectivity index (χ2v) is 4.04. The monoisotopic (exact) mass is 289 g/mol. The minimum atomic E-state index is -0.355. The second kappa shape index (κ2) is 4.33. The molecule has 0 fully saturated rings. The van der Waals surface area contributed by atoms with Gasteiger partial charge in [0, 0.05) is 11.6 Å². The number of benzene rings is 1. The van der Waals surface area contributed by atoms with E-state index in [2.05, 4.69) is 21.1 Å². The van der Waals surface area contributed by atoms with Gasteiger partial charge >= 0.3 is 0 Å². The average molecular weight is 291 g/mol. The number of aromatic nitrogens is 1. The van der Waals surface area contributed by atoms with Gasteiger partial charge in [-0.05, 0) is 28.1 Å². The molecule has 2 rings (SSSR count). The van der Waals surface area contributed by atoms with Crippen LogP contribution in [0.4, 0.5) is 4.39 Å². The lowest BCUT2D eigenvalue weighted by molar-refractivity contribution is 0.396. The number of alkyl halides is 1. The zero-order chi connectivity index (χ0) is 10.8. The van der Waals surface area contributed by atoms with E-state index in [0.29, 0.717) is 21.5 Å². The summed E-state index contributed by atoms with van der Waals surface area (Å²) in [7, 11) is 0. The van der Waals surface area contributed by atoms with Gasteiger partial charge in [-0.25, -0.2) is 4.39 Å². The molecule has 0 N–H and O–H groups in total. The van der Waals surface area contributed by atoms with E-state index in [1.165, 1.54) is 0 Å². The van der Waals surface area contributed by atoms with Crippen molar-refractivity contribution in [3.63, 3.8) is 0 Å². The summed E-state index contributed by atoms with van der Waals surface area (Å²) in [5.41, 5.74) is 0.842. The highest BCUT2D eigenvalue weighted by atomic mass is 79.9. The Morgan fingerprint density at radius 2 is 2.27 bits per heavy atom. The Labute approximate surface area is 99.2 Å². The molecule has 1 aromatic carbocycles. The van der Waals surface area contributed by atoms with E-state index < -0.39 is 0 Å². The topological polar surface area (TPSA) is 26.0 Å². The Kier molecular flexibility index (Phi) is 3.07. The van der Waals surface area contributed by atoms with Gasteiger partial charge < -0.3 is 4.52 Å². The molecule has 15 heavy (non-hydrogen) atoms. The fourth-order valence-electron chi connectivity index (χ4n) is 1.20. The summed E-state index contributed by atoms with van der Waals surface area (Å²) >= 11 is 8.67. The number of hydrogen-bond acceptors (Lipinski definition) is 2. The lowest BCUT2D eigenvalue weighted by atomic mass is 10.1. The van der Waals surface area contributed by atoms with Crippen LogP contribution in [0.1, 0.15) is 5.76 Å². The standard InChI is InChI=1S/C10H6BrClFNO/c11-8-3-1-2-7(10(8)13)9-4-6(5-12)15-14-9/h1-4H,5H2. The summed E-state index contributed by atoms with van der Waals surface area (Å²) < 4.78 is 18.9. The van der Waals surface area contributed by atoms with Gasteiger partial charge in [0.2, 0.25) is 0 Å². The van der Waals surface area contributed by atoms with E-state index in [1.807, 2.05) is 0 Å². The molecule has 5 heteroatoms. The summed E-state index contributed by atoms with van der Waals surface area (Å²) in [5, 5.41) is 3.74. The Morgan fingerprint density at radius 1 is 1.47 bits per heavy atom. The van der Waals surface area contributed by atoms with Gasteiger partial charge in [-0.15, -0.1) is 11.6 Å². The van der Waals surface area contributed by atoms with E-state index in [-0.39, 0.29) is 11.7 Å². The van der Waals surface area contributed by atoms with Crippen LogP contribution in [0.5, 0.6) is 0 Å². The Balaban J connectivity index is 2.49. The summed E-state index contributed by atoms with van der Waals surface area (Å²) in [6.07, 6.45) is 0. The van der Waals surface area contributed by atoms with Gasteiger partial charge in [-0.3, -0.25) is 0 Å². The van der Waals surface area contributed by atoms with Crippen LogP contribution in [0, 0.1) is 5.82 Å². The minimum Gasteiger partial charge on any atom is -0.359 e. The van der Waals surface area contributed by atoms with Crippen LogP contribution in [-0.4, -0.2) is 5.16 Å². The SMILES string of the molecule is Fc1c(Br)cccc1-c1cc(CCl)on1. The molecule has 0 saturated heterocycles. The first-order chi connectivity index (χ1) is 7.22. The molecule has 0 amide bonds. The normalized spacial score (nSPS) is 10.6. The Hall–Kier alpha value is -0.870. The molecule has 0 aliphatic rings. The van der Waals surface area contributed by atoms with Crippen LogP contribution in [-0.2, 0) is 5.88 Å². The maximum Gasteiger partial charge on any atom is 0.152 e. The van der Waals surface area contributed by atoms with Crippen LogP contribution in [0.2, 0.25) is 0 Å². The molecule has 0 radical (unpaired) electrons. The molecular weight excluding hydrogens is 284 g/mol. The third-order valence-electron chi connectivity index (χ3n) is 1.92. The zero-order valence-corrected chi connectivity index (χ0v) is 9.85. The van der Waals surface area contributed by atoms with E-state index in [9.17, 15) is 4.39 Å². The predicted octanol–water partition coefficient (Wildman–Crippen LogP) is 3.98. The summed E-state index contributed by atoms with van der Waals surface area (Å²) in [4.78, 5) is 0. The summed E-state index contributed by atoms with van der Waals surface area (Å²) in [6.45, 7) is 0. The number of halogens is 3. The molecule has 0 bridgehead atoms. The average Bonchev–Trinajstić information content (AvgIpc) is 2.70. The molecule has 0 aliphatic carbocycles. The highest BCUT2D eigenvalue weighted by molar-refractivity contribution is 9.10. The van der Waals surface area contributed by atoms with E-state index >= 15 is 0 Å². The van der Waals surface area contributed by atoms with Crippen molar-refractivity contribution < 1.29 is 8.91 Å². The highest BCUT2D eigenvalue weighted by Crippen LogP contribution is 2.27. The van der Waals surface area contributed by atoms with Gasteiger partial charge in [0.05, 0.1) is 10.4 Å². The number of hydrogen-bond donors (Lipinski definition) is 0. The first-order valence-corrected chi connectivity index (χ1v) is 5.51. The van der Waals surface area contributed by atoms with Gasteiger partial charge in [-0.1, -0.05) is 11.2 Å². The largest absolute Gasteiger partial charge is 0.359 e. The van der Waals surface area contributed by atoms with Gasteiger partial charge in [-0.2, -0.15) is 0 Å². The first kappa shape index (κ1) is 10.6. The third-order valence-corrected chi connectivity index (χ3v) is 2.79. The van der Waals surface area contributed by atoms with Crippen LogP contribution < -0.4 is 0 Å². The fraction of sp³-hybridized carbons (Fsp3) is 0.100. The molecule has 1 aromatic heterocycles. The van der Waals surface area contributed by atoms with Gasteiger partial charge in [0.15, 0.2) is 5.76 Å². The number of rotatable bonds is 2. The van der Waals surface area contributed by atoms with Crippen molar-refractivity contribution in [3.8, 4) is 11.3 Å². The third kappa shape index (κ3) is 2.06. The molecular formula is C10H6BrClFNO. The van der Waals surface area contributed by atoms with Crippen molar-refractivity contribution in [1.82, 2.24) is 5.16 Å². The Morgan fingerprint density at radius 3 is 2.93 bits per heavy atom. The Bertz CT molecular complexity index is 486. The van der Waals surface area contributed by atoms with E-state index in [4.69, 9.17) is 16.1 Å². The van der Waals surface area contributed by atoms with Gasteiger partial charge in [0.25, 0.3) is 0 Å². The molecule has 0 atom stereocenters. The van der Waals surface area contributed by atoms with Crippen molar-refractivity contribution in [2.75, 3.05) is 0 Å². The lowest BCUT2D eigenvalue weighted by Crippen LogP contribution is -1.84. The smallest absolute Gasteiger partial charge is 0.152 e. The summed E-state index contributed by atoms with van der Waals surface area (Å²) in [6, 6.07) is 6.62. The van der Waals surface area contributed by atoms with Gasteiger partial charge in [0.1, 0.15) is 11.5 Å². The molecule has 2 aromatic rings. The van der Waals surface area contributed by atoms with Crippen molar-refractivity contribution >= 4 is 27.5 Å². The van der Waals surface area contributed by atoms with Crippen molar-refractivity contribution in [1.29, 1.82) is 0 Å². The highest BCUT2D eigenvalue weighted by Gasteiger charge is 2.12. The second-order valence-electron chi connectivity index (χ2n) is 2.91. The molecule has 0 aliphatic heterocycles. The molecule has 1 heterocycles. The van der Waals surface area contributed by atoms with Crippen molar-refractivity contribution in [2.45, 2.75) is 5.88 Å². The quantitative estimate of drug-likeness (QED) is 0.782. The van der Waals surface area contributed by atoms with Crippen LogP contribution in [0.25, 0.3) is 11.3 Å². The zero-order valence-electron chi connectivity index (χ0n) is 7.51. The fourth-order valence-corrected chi connectivity index (χ4v) is 1.70.